The lowest BCUT2D eigenvalue weighted by Gasteiger charge is -2.23. The highest BCUT2D eigenvalue weighted by molar-refractivity contribution is 7.89. The summed E-state index contributed by atoms with van der Waals surface area (Å²) in [6.45, 7) is 5.40. The van der Waals surface area contributed by atoms with E-state index >= 15 is 0 Å². The van der Waals surface area contributed by atoms with Crippen molar-refractivity contribution in [3.8, 4) is 6.07 Å². The van der Waals surface area contributed by atoms with Crippen LogP contribution in [0.3, 0.4) is 0 Å². The molecule has 1 aromatic rings. The minimum absolute atomic E-state index is 0.0320. The van der Waals surface area contributed by atoms with Gasteiger partial charge in [-0.15, -0.1) is 0 Å². The van der Waals surface area contributed by atoms with Gasteiger partial charge in [-0.25, -0.2) is 12.7 Å². The second kappa shape index (κ2) is 7.25. The van der Waals surface area contributed by atoms with Crippen LogP contribution in [0.25, 0.3) is 0 Å². The topological polar surface area (TPSA) is 102 Å². The number of hydrogen-bond donors (Lipinski definition) is 2. The number of nitrogens with zero attached hydrogens (tertiary/aromatic N) is 2. The zero-order chi connectivity index (χ0) is 19.7. The molecule has 0 saturated heterocycles. The van der Waals surface area contributed by atoms with Crippen LogP contribution in [0.5, 0.6) is 0 Å². The van der Waals surface area contributed by atoms with Crippen LogP contribution >= 0.6 is 0 Å². The molecule has 1 aliphatic carbocycles. The number of aryl methyl sites for hydroxylation is 1. The first-order valence-electron chi connectivity index (χ1n) is 8.51. The number of carbonyl (C=O) groups is 1. The van der Waals surface area contributed by atoms with E-state index in [2.05, 4.69) is 16.7 Å². The normalized spacial score (nSPS) is 16.7. The molecular weight excluding hydrogens is 352 g/mol. The summed E-state index contributed by atoms with van der Waals surface area (Å²) in [4.78, 5) is 12.4. The van der Waals surface area contributed by atoms with Gasteiger partial charge in [0.1, 0.15) is 5.54 Å². The van der Waals surface area contributed by atoms with Gasteiger partial charge in [0, 0.05) is 19.8 Å². The van der Waals surface area contributed by atoms with Gasteiger partial charge >= 0.3 is 0 Å². The SMILES string of the molecule is Cc1cc(S(=O)(=O)N(C)C)cc(NCC(=O)NC(C)(C#N)C2CC2)c1C. The predicted octanol–water partition coefficient (Wildman–Crippen LogP) is 1.77. The second-order valence-electron chi connectivity index (χ2n) is 7.19. The summed E-state index contributed by atoms with van der Waals surface area (Å²) in [5.74, 6) is -0.0899. The molecule has 0 spiro atoms. The van der Waals surface area contributed by atoms with Crippen molar-refractivity contribution in [2.45, 2.75) is 44.0 Å². The molecular formula is C18H26N4O3S. The fourth-order valence-corrected chi connectivity index (χ4v) is 3.78. The monoisotopic (exact) mass is 378 g/mol. The maximum absolute atomic E-state index is 12.4. The molecule has 7 nitrogen and oxygen atoms in total. The summed E-state index contributed by atoms with van der Waals surface area (Å²) >= 11 is 0. The molecule has 0 bridgehead atoms. The van der Waals surface area contributed by atoms with Crippen LogP contribution < -0.4 is 10.6 Å². The van der Waals surface area contributed by atoms with Gasteiger partial charge in [0.2, 0.25) is 15.9 Å². The number of nitriles is 1. The van der Waals surface area contributed by atoms with E-state index in [0.29, 0.717) is 5.69 Å². The van der Waals surface area contributed by atoms with E-state index in [4.69, 9.17) is 0 Å². The van der Waals surface area contributed by atoms with Crippen molar-refractivity contribution in [1.29, 1.82) is 5.26 Å². The Balaban J connectivity index is 2.15. The fourth-order valence-electron chi connectivity index (χ4n) is 2.76. The number of sulfonamides is 1. The maximum Gasteiger partial charge on any atom is 0.242 e. The fraction of sp³-hybridized carbons (Fsp3) is 0.556. The molecule has 0 heterocycles. The third-order valence-electron chi connectivity index (χ3n) is 4.88. The van der Waals surface area contributed by atoms with Crippen LogP contribution in [-0.2, 0) is 14.8 Å². The summed E-state index contributed by atoms with van der Waals surface area (Å²) in [5, 5.41) is 15.1. The molecule has 142 valence electrons. The summed E-state index contributed by atoms with van der Waals surface area (Å²) in [5.41, 5.74) is 1.43. The molecule has 1 aliphatic rings. The Labute approximate surface area is 155 Å². The van der Waals surface area contributed by atoms with Gasteiger partial charge in [-0.1, -0.05) is 0 Å². The average molecular weight is 378 g/mol. The molecule has 1 aromatic carbocycles. The molecule has 0 aromatic heterocycles. The van der Waals surface area contributed by atoms with Crippen molar-refractivity contribution < 1.29 is 13.2 Å². The zero-order valence-corrected chi connectivity index (χ0v) is 16.7. The van der Waals surface area contributed by atoms with Gasteiger partial charge < -0.3 is 10.6 Å². The third-order valence-corrected chi connectivity index (χ3v) is 6.68. The first kappa shape index (κ1) is 20.2. The predicted molar refractivity (Wildman–Crippen MR) is 100 cm³/mol. The van der Waals surface area contributed by atoms with E-state index in [9.17, 15) is 18.5 Å². The van der Waals surface area contributed by atoms with Gasteiger partial charge in [-0.2, -0.15) is 5.26 Å². The molecule has 2 N–H and O–H groups in total. The van der Waals surface area contributed by atoms with Crippen molar-refractivity contribution in [3.63, 3.8) is 0 Å². The molecule has 1 saturated carbocycles. The standard InChI is InChI=1S/C18H26N4O3S/c1-12-8-15(26(24,25)22(4)5)9-16(13(12)2)20-10-17(23)21-18(3,11-19)14-6-7-14/h8-9,14,20H,6-7,10H2,1-5H3,(H,21,23). The van der Waals surface area contributed by atoms with Crippen molar-refractivity contribution in [1.82, 2.24) is 9.62 Å². The van der Waals surface area contributed by atoms with E-state index in [1.54, 1.807) is 13.0 Å². The number of anilines is 1. The second-order valence-corrected chi connectivity index (χ2v) is 9.34. The van der Waals surface area contributed by atoms with E-state index in [-0.39, 0.29) is 23.3 Å². The number of benzene rings is 1. The maximum atomic E-state index is 12.4. The van der Waals surface area contributed by atoms with Crippen molar-refractivity contribution in [3.05, 3.63) is 23.3 Å². The molecule has 1 unspecified atom stereocenters. The van der Waals surface area contributed by atoms with Gasteiger partial charge in [0.25, 0.3) is 0 Å². The summed E-state index contributed by atoms with van der Waals surface area (Å²) in [6.07, 6.45) is 1.89. The largest absolute Gasteiger partial charge is 0.376 e. The number of hydrogen-bond acceptors (Lipinski definition) is 5. The van der Waals surface area contributed by atoms with Crippen molar-refractivity contribution >= 4 is 21.6 Å². The Morgan fingerprint density at radius 3 is 2.46 bits per heavy atom. The number of rotatable bonds is 7. The molecule has 1 fully saturated rings. The minimum atomic E-state index is -3.56. The molecule has 2 rings (SSSR count). The lowest BCUT2D eigenvalue weighted by atomic mass is 9.98. The van der Waals surface area contributed by atoms with Crippen molar-refractivity contribution in [2.75, 3.05) is 26.0 Å². The molecule has 8 heteroatoms. The van der Waals surface area contributed by atoms with Crippen molar-refractivity contribution in [2.24, 2.45) is 5.92 Å². The smallest absolute Gasteiger partial charge is 0.242 e. The first-order chi connectivity index (χ1) is 12.0. The third kappa shape index (κ3) is 4.17. The van der Waals surface area contributed by atoms with Crippen LogP contribution in [0.15, 0.2) is 17.0 Å². The van der Waals surface area contributed by atoms with Crippen LogP contribution in [0.1, 0.15) is 30.9 Å². The Morgan fingerprint density at radius 2 is 1.96 bits per heavy atom. The van der Waals surface area contributed by atoms with Gasteiger partial charge in [0.05, 0.1) is 17.5 Å². The number of nitrogens with one attached hydrogen (secondary N) is 2. The first-order valence-corrected chi connectivity index (χ1v) is 9.95. The molecule has 0 aliphatic heterocycles. The van der Waals surface area contributed by atoms with E-state index in [0.717, 1.165) is 28.3 Å². The summed E-state index contributed by atoms with van der Waals surface area (Å²) in [7, 11) is -0.608. The Bertz CT molecular complexity index is 854. The summed E-state index contributed by atoms with van der Waals surface area (Å²) < 4.78 is 25.9. The molecule has 1 atom stereocenters. The number of amides is 1. The zero-order valence-electron chi connectivity index (χ0n) is 15.9. The van der Waals surface area contributed by atoms with Gasteiger partial charge in [-0.3, -0.25) is 4.79 Å². The average Bonchev–Trinajstić information content (AvgIpc) is 3.41. The van der Waals surface area contributed by atoms with Gasteiger partial charge in [-0.05, 0) is 62.8 Å². The van der Waals surface area contributed by atoms with Crippen LogP contribution in [-0.4, -0.2) is 44.8 Å². The van der Waals surface area contributed by atoms with E-state index in [1.165, 1.54) is 20.2 Å². The lowest BCUT2D eigenvalue weighted by molar-refractivity contribution is -0.120. The minimum Gasteiger partial charge on any atom is -0.376 e. The van der Waals surface area contributed by atoms with E-state index < -0.39 is 15.6 Å². The highest BCUT2D eigenvalue weighted by Gasteiger charge is 2.42. The highest BCUT2D eigenvalue weighted by Crippen LogP contribution is 2.39. The Morgan fingerprint density at radius 1 is 1.35 bits per heavy atom. The van der Waals surface area contributed by atoms with Crippen LogP contribution in [0.4, 0.5) is 5.69 Å². The lowest BCUT2D eigenvalue weighted by Crippen LogP contribution is -2.48. The van der Waals surface area contributed by atoms with Crippen LogP contribution in [0, 0.1) is 31.1 Å². The molecule has 1 amide bonds. The molecule has 0 radical (unpaired) electrons. The Kier molecular flexibility index (Phi) is 5.64. The number of carbonyl (C=O) groups excluding carboxylic acids is 1. The summed E-state index contributed by atoms with van der Waals surface area (Å²) in [6, 6.07) is 5.34. The highest BCUT2D eigenvalue weighted by atomic mass is 32.2. The quantitative estimate of drug-likeness (QED) is 0.753. The van der Waals surface area contributed by atoms with Gasteiger partial charge in [0.15, 0.2) is 0 Å². The van der Waals surface area contributed by atoms with E-state index in [1.807, 2.05) is 13.8 Å². The van der Waals surface area contributed by atoms with Crippen LogP contribution in [0.2, 0.25) is 0 Å². The molecule has 26 heavy (non-hydrogen) atoms. The Hall–Kier alpha value is -2.11.